The Morgan fingerprint density at radius 2 is 1.94 bits per heavy atom. The number of piperidine rings is 1. The van der Waals surface area contributed by atoms with Crippen molar-refractivity contribution < 1.29 is 4.79 Å². The SMILES string of the molecule is CCNC(=NCc1cccnc1N1CCC(C(N)=O)CC1)NCCc1ccccc1Cl. The van der Waals surface area contributed by atoms with E-state index < -0.39 is 0 Å². The zero-order valence-electron chi connectivity index (χ0n) is 18.0. The van der Waals surface area contributed by atoms with Crippen LogP contribution in [0.15, 0.2) is 47.6 Å². The van der Waals surface area contributed by atoms with Gasteiger partial charge in [-0.15, -0.1) is 0 Å². The number of nitrogens with one attached hydrogen (secondary N) is 2. The minimum absolute atomic E-state index is 0.0379. The minimum Gasteiger partial charge on any atom is -0.369 e. The summed E-state index contributed by atoms with van der Waals surface area (Å²) in [6.45, 7) is 5.62. The maximum absolute atomic E-state index is 11.4. The van der Waals surface area contributed by atoms with E-state index in [1.54, 1.807) is 6.20 Å². The summed E-state index contributed by atoms with van der Waals surface area (Å²) in [6.07, 6.45) is 4.15. The minimum atomic E-state index is -0.205. The van der Waals surface area contributed by atoms with Gasteiger partial charge in [0.25, 0.3) is 0 Å². The first-order valence-corrected chi connectivity index (χ1v) is 11.2. The van der Waals surface area contributed by atoms with Crippen molar-refractivity contribution >= 4 is 29.3 Å². The van der Waals surface area contributed by atoms with E-state index in [9.17, 15) is 4.79 Å². The van der Waals surface area contributed by atoms with E-state index in [0.717, 1.165) is 73.4 Å². The summed E-state index contributed by atoms with van der Waals surface area (Å²) >= 11 is 6.25. The van der Waals surface area contributed by atoms with Crippen molar-refractivity contribution in [1.29, 1.82) is 0 Å². The van der Waals surface area contributed by atoms with Gasteiger partial charge >= 0.3 is 0 Å². The molecule has 7 nitrogen and oxygen atoms in total. The van der Waals surface area contributed by atoms with E-state index in [1.807, 2.05) is 37.3 Å². The standard InChI is InChI=1S/C23H31ClN6O/c1-2-26-23(28-13-9-17-6-3-4-8-20(17)24)29-16-19-7-5-12-27-22(19)30-14-10-18(11-15-30)21(25)31/h3-8,12,18H,2,9-11,13-16H2,1H3,(H2,25,31)(H2,26,28,29). The predicted molar refractivity (Wildman–Crippen MR) is 126 cm³/mol. The Labute approximate surface area is 189 Å². The van der Waals surface area contributed by atoms with Crippen LogP contribution in [0, 0.1) is 5.92 Å². The number of nitrogens with two attached hydrogens (primary N) is 1. The van der Waals surface area contributed by atoms with E-state index in [2.05, 4.69) is 26.6 Å². The first-order chi connectivity index (χ1) is 15.1. The van der Waals surface area contributed by atoms with Gasteiger partial charge in [-0.05, 0) is 43.9 Å². The van der Waals surface area contributed by atoms with Gasteiger partial charge in [0.15, 0.2) is 5.96 Å². The van der Waals surface area contributed by atoms with Gasteiger partial charge in [-0.2, -0.15) is 0 Å². The summed E-state index contributed by atoms with van der Waals surface area (Å²) in [5.74, 6) is 1.45. The second-order valence-corrected chi connectivity index (χ2v) is 8.02. The normalized spacial score (nSPS) is 15.0. The van der Waals surface area contributed by atoms with Crippen LogP contribution in [-0.4, -0.2) is 43.0 Å². The molecule has 0 saturated carbocycles. The van der Waals surface area contributed by atoms with E-state index >= 15 is 0 Å². The molecule has 4 N–H and O–H groups in total. The molecule has 1 amide bonds. The van der Waals surface area contributed by atoms with E-state index in [4.69, 9.17) is 22.3 Å². The van der Waals surface area contributed by atoms with Crippen LogP contribution in [0.3, 0.4) is 0 Å². The average Bonchev–Trinajstić information content (AvgIpc) is 2.79. The number of amides is 1. The molecule has 8 heteroatoms. The molecule has 2 aromatic rings. The fraction of sp³-hybridized carbons (Fsp3) is 0.435. The molecule has 1 aliphatic heterocycles. The predicted octanol–water partition coefficient (Wildman–Crippen LogP) is 2.73. The lowest BCUT2D eigenvalue weighted by atomic mass is 9.96. The number of aromatic nitrogens is 1. The molecular weight excluding hydrogens is 412 g/mol. The Bertz CT molecular complexity index is 895. The molecule has 0 aliphatic carbocycles. The highest BCUT2D eigenvalue weighted by molar-refractivity contribution is 6.31. The van der Waals surface area contributed by atoms with Crippen molar-refractivity contribution in [3.05, 3.63) is 58.7 Å². The third-order valence-corrected chi connectivity index (χ3v) is 5.83. The number of rotatable bonds is 8. The lowest BCUT2D eigenvalue weighted by molar-refractivity contribution is -0.122. The van der Waals surface area contributed by atoms with Gasteiger partial charge in [0.2, 0.25) is 5.91 Å². The Morgan fingerprint density at radius 1 is 1.19 bits per heavy atom. The highest BCUT2D eigenvalue weighted by atomic mass is 35.5. The monoisotopic (exact) mass is 442 g/mol. The molecule has 1 aromatic heterocycles. The van der Waals surface area contributed by atoms with Crippen LogP contribution < -0.4 is 21.3 Å². The van der Waals surface area contributed by atoms with Gasteiger partial charge in [0.1, 0.15) is 5.82 Å². The van der Waals surface area contributed by atoms with Crippen LogP contribution in [0.1, 0.15) is 30.9 Å². The fourth-order valence-corrected chi connectivity index (χ4v) is 3.97. The third kappa shape index (κ3) is 6.59. The second-order valence-electron chi connectivity index (χ2n) is 7.61. The van der Waals surface area contributed by atoms with Gasteiger partial charge in [0, 0.05) is 48.9 Å². The molecule has 0 unspecified atom stereocenters. The van der Waals surface area contributed by atoms with Crippen molar-refractivity contribution in [3.63, 3.8) is 0 Å². The van der Waals surface area contributed by atoms with Gasteiger partial charge in [-0.25, -0.2) is 9.98 Å². The molecule has 1 fully saturated rings. The van der Waals surface area contributed by atoms with Gasteiger partial charge in [0.05, 0.1) is 6.54 Å². The quantitative estimate of drug-likeness (QED) is 0.431. The number of guanidine groups is 1. The summed E-state index contributed by atoms with van der Waals surface area (Å²) in [6, 6.07) is 11.9. The van der Waals surface area contributed by atoms with Crippen LogP contribution in [0.25, 0.3) is 0 Å². The van der Waals surface area contributed by atoms with E-state index in [1.165, 1.54) is 0 Å². The van der Waals surface area contributed by atoms with E-state index in [-0.39, 0.29) is 11.8 Å². The lowest BCUT2D eigenvalue weighted by Crippen LogP contribution is -2.39. The van der Waals surface area contributed by atoms with Crippen LogP contribution >= 0.6 is 11.6 Å². The lowest BCUT2D eigenvalue weighted by Gasteiger charge is -2.32. The summed E-state index contributed by atoms with van der Waals surface area (Å²) < 4.78 is 0. The van der Waals surface area contributed by atoms with Gasteiger partial charge in [-0.3, -0.25) is 4.79 Å². The zero-order valence-corrected chi connectivity index (χ0v) is 18.7. The van der Waals surface area contributed by atoms with Crippen LogP contribution in [0.4, 0.5) is 5.82 Å². The van der Waals surface area contributed by atoms with E-state index in [0.29, 0.717) is 6.54 Å². The van der Waals surface area contributed by atoms with Crippen LogP contribution in [-0.2, 0) is 17.8 Å². The summed E-state index contributed by atoms with van der Waals surface area (Å²) in [7, 11) is 0. The highest BCUT2D eigenvalue weighted by Gasteiger charge is 2.24. The number of hydrogen-bond acceptors (Lipinski definition) is 4. The molecule has 1 aromatic carbocycles. The third-order valence-electron chi connectivity index (χ3n) is 5.46. The number of pyridine rings is 1. The molecule has 0 atom stereocenters. The number of hydrogen-bond donors (Lipinski definition) is 3. The Morgan fingerprint density at radius 3 is 2.65 bits per heavy atom. The van der Waals surface area contributed by atoms with Gasteiger partial charge < -0.3 is 21.3 Å². The maximum atomic E-state index is 11.4. The smallest absolute Gasteiger partial charge is 0.220 e. The Hall–Kier alpha value is -2.80. The maximum Gasteiger partial charge on any atom is 0.220 e. The first kappa shape index (κ1) is 22.9. The first-order valence-electron chi connectivity index (χ1n) is 10.8. The van der Waals surface area contributed by atoms with Crippen molar-refractivity contribution in [2.75, 3.05) is 31.1 Å². The molecule has 1 aliphatic rings. The molecular formula is C23H31ClN6O. The number of carbonyl (C=O) groups is 1. The molecule has 166 valence electrons. The van der Waals surface area contributed by atoms with Crippen molar-refractivity contribution in [2.45, 2.75) is 32.7 Å². The summed E-state index contributed by atoms with van der Waals surface area (Å²) in [4.78, 5) is 23.0. The number of benzene rings is 1. The largest absolute Gasteiger partial charge is 0.369 e. The Balaban J connectivity index is 1.62. The molecule has 0 bridgehead atoms. The molecule has 0 spiro atoms. The topological polar surface area (TPSA) is 95.6 Å². The summed E-state index contributed by atoms with van der Waals surface area (Å²) in [5, 5.41) is 7.45. The van der Waals surface area contributed by atoms with Crippen LogP contribution in [0.5, 0.6) is 0 Å². The fourth-order valence-electron chi connectivity index (χ4n) is 3.74. The average molecular weight is 443 g/mol. The van der Waals surface area contributed by atoms with Gasteiger partial charge in [-0.1, -0.05) is 35.9 Å². The van der Waals surface area contributed by atoms with Crippen molar-refractivity contribution in [3.8, 4) is 0 Å². The molecule has 1 saturated heterocycles. The highest BCUT2D eigenvalue weighted by Crippen LogP contribution is 2.25. The molecule has 2 heterocycles. The molecule has 3 rings (SSSR count). The molecule has 0 radical (unpaired) electrons. The number of aliphatic imine (C=N–C) groups is 1. The second kappa shape index (κ2) is 11.6. The van der Waals surface area contributed by atoms with Crippen LogP contribution in [0.2, 0.25) is 5.02 Å². The number of nitrogens with zero attached hydrogens (tertiary/aromatic N) is 3. The van der Waals surface area contributed by atoms with Crippen molar-refractivity contribution in [2.24, 2.45) is 16.6 Å². The summed E-state index contributed by atoms with van der Waals surface area (Å²) in [5.41, 5.74) is 7.63. The Kier molecular flexibility index (Phi) is 8.53. The number of anilines is 1. The number of primary amides is 1. The van der Waals surface area contributed by atoms with Crippen molar-refractivity contribution in [1.82, 2.24) is 15.6 Å². The number of carbonyl (C=O) groups excluding carboxylic acids is 1. The molecule has 31 heavy (non-hydrogen) atoms. The number of halogens is 1. The zero-order chi connectivity index (χ0) is 22.1.